The number of fused-ring (bicyclic) bond motifs is 1. The highest BCUT2D eigenvalue weighted by Crippen LogP contribution is 2.32. The topological polar surface area (TPSA) is 36.7 Å². The second-order valence-corrected chi connectivity index (χ2v) is 8.80. The van der Waals surface area contributed by atoms with Crippen LogP contribution in [0.5, 0.6) is 0 Å². The SMILES string of the molecule is [C-]#[N+]c1ccc2c(c1)CC(NC(=O)CCC1CCCCC1)CN2Cc1ccccc1. The Balaban J connectivity index is 1.43. The lowest BCUT2D eigenvalue weighted by Crippen LogP contribution is -2.48. The fraction of sp³-hybridized carbons (Fsp3) is 0.462. The van der Waals surface area contributed by atoms with E-state index in [1.165, 1.54) is 43.4 Å². The van der Waals surface area contributed by atoms with Crippen molar-refractivity contribution in [1.82, 2.24) is 5.32 Å². The molecule has 1 fully saturated rings. The highest BCUT2D eigenvalue weighted by Gasteiger charge is 2.26. The zero-order valence-corrected chi connectivity index (χ0v) is 17.6. The third-order valence-corrected chi connectivity index (χ3v) is 6.53. The van der Waals surface area contributed by atoms with Crippen LogP contribution in [0.15, 0.2) is 48.5 Å². The maximum atomic E-state index is 12.7. The average molecular weight is 402 g/mol. The van der Waals surface area contributed by atoms with Gasteiger partial charge < -0.3 is 10.2 Å². The van der Waals surface area contributed by atoms with Gasteiger partial charge in [0.05, 0.1) is 12.6 Å². The van der Waals surface area contributed by atoms with E-state index < -0.39 is 0 Å². The van der Waals surface area contributed by atoms with Crippen molar-refractivity contribution >= 4 is 17.3 Å². The molecule has 2 aromatic carbocycles. The molecule has 1 N–H and O–H groups in total. The zero-order valence-electron chi connectivity index (χ0n) is 17.6. The molecule has 0 spiro atoms. The summed E-state index contributed by atoms with van der Waals surface area (Å²) < 4.78 is 0. The fourth-order valence-corrected chi connectivity index (χ4v) is 4.97. The van der Waals surface area contributed by atoms with Crippen LogP contribution in [0.25, 0.3) is 4.85 Å². The Labute approximate surface area is 180 Å². The molecular formula is C26H31N3O. The number of carbonyl (C=O) groups excluding carboxylic acids is 1. The number of nitrogens with zero attached hydrogens (tertiary/aromatic N) is 2. The van der Waals surface area contributed by atoms with Crippen molar-refractivity contribution in [2.24, 2.45) is 5.92 Å². The van der Waals surface area contributed by atoms with Gasteiger partial charge in [-0.25, -0.2) is 4.85 Å². The van der Waals surface area contributed by atoms with Gasteiger partial charge in [0.25, 0.3) is 0 Å². The summed E-state index contributed by atoms with van der Waals surface area (Å²) in [7, 11) is 0. The second-order valence-electron chi connectivity index (χ2n) is 8.80. The molecule has 1 amide bonds. The van der Waals surface area contributed by atoms with Crippen molar-refractivity contribution < 1.29 is 4.79 Å². The number of hydrogen-bond donors (Lipinski definition) is 1. The molecule has 4 rings (SSSR count). The molecule has 0 radical (unpaired) electrons. The normalized spacial score (nSPS) is 19.0. The molecule has 1 atom stereocenters. The summed E-state index contributed by atoms with van der Waals surface area (Å²) in [4.78, 5) is 18.6. The molecule has 156 valence electrons. The van der Waals surface area contributed by atoms with Gasteiger partial charge in [0.2, 0.25) is 5.91 Å². The number of carbonyl (C=O) groups is 1. The molecule has 1 aliphatic carbocycles. The van der Waals surface area contributed by atoms with Crippen molar-refractivity contribution in [2.45, 2.75) is 64.0 Å². The van der Waals surface area contributed by atoms with E-state index in [0.717, 1.165) is 37.4 Å². The summed E-state index contributed by atoms with van der Waals surface area (Å²) >= 11 is 0. The molecule has 0 saturated heterocycles. The first-order chi connectivity index (χ1) is 14.7. The van der Waals surface area contributed by atoms with Gasteiger partial charge in [-0.2, -0.15) is 0 Å². The predicted molar refractivity (Wildman–Crippen MR) is 122 cm³/mol. The molecule has 2 aromatic rings. The van der Waals surface area contributed by atoms with Crippen molar-refractivity contribution in [2.75, 3.05) is 11.4 Å². The quantitative estimate of drug-likeness (QED) is 0.636. The van der Waals surface area contributed by atoms with Gasteiger partial charge >= 0.3 is 0 Å². The van der Waals surface area contributed by atoms with E-state index in [9.17, 15) is 4.79 Å². The summed E-state index contributed by atoms with van der Waals surface area (Å²) in [6.45, 7) is 8.95. The van der Waals surface area contributed by atoms with Crippen LogP contribution in [0.3, 0.4) is 0 Å². The molecule has 1 unspecified atom stereocenters. The Bertz CT molecular complexity index is 896. The lowest BCUT2D eigenvalue weighted by Gasteiger charge is -2.37. The molecule has 4 heteroatoms. The summed E-state index contributed by atoms with van der Waals surface area (Å²) in [5.41, 5.74) is 4.25. The van der Waals surface area contributed by atoms with E-state index in [4.69, 9.17) is 6.57 Å². The summed E-state index contributed by atoms with van der Waals surface area (Å²) in [5, 5.41) is 3.29. The largest absolute Gasteiger partial charge is 0.365 e. The minimum atomic E-state index is 0.0843. The molecule has 2 aliphatic rings. The highest BCUT2D eigenvalue weighted by atomic mass is 16.1. The third-order valence-electron chi connectivity index (χ3n) is 6.53. The molecule has 0 bridgehead atoms. The third kappa shape index (κ3) is 5.21. The lowest BCUT2D eigenvalue weighted by atomic mass is 9.86. The van der Waals surface area contributed by atoms with E-state index in [2.05, 4.69) is 45.4 Å². The van der Waals surface area contributed by atoms with Crippen LogP contribution in [0.1, 0.15) is 56.1 Å². The van der Waals surface area contributed by atoms with Crippen LogP contribution in [0.4, 0.5) is 11.4 Å². The van der Waals surface area contributed by atoms with Gasteiger partial charge in [0.1, 0.15) is 0 Å². The molecule has 1 aliphatic heterocycles. The van der Waals surface area contributed by atoms with Gasteiger partial charge in [-0.1, -0.05) is 74.6 Å². The van der Waals surface area contributed by atoms with E-state index in [1.807, 2.05) is 18.2 Å². The van der Waals surface area contributed by atoms with Crippen LogP contribution in [-0.4, -0.2) is 18.5 Å². The first-order valence-corrected chi connectivity index (χ1v) is 11.3. The number of anilines is 1. The van der Waals surface area contributed by atoms with Crippen LogP contribution in [0.2, 0.25) is 0 Å². The Hall–Kier alpha value is -2.80. The van der Waals surface area contributed by atoms with Crippen molar-refractivity contribution in [3.05, 3.63) is 71.1 Å². The molecule has 1 saturated carbocycles. The van der Waals surface area contributed by atoms with Crippen LogP contribution < -0.4 is 10.2 Å². The molecular weight excluding hydrogens is 370 g/mol. The van der Waals surface area contributed by atoms with Crippen LogP contribution in [0, 0.1) is 12.5 Å². The standard InChI is InChI=1S/C26H31N3O/c1-27-23-13-14-25-22(16-23)17-24(19-29(25)18-21-10-6-3-7-11-21)28-26(30)15-12-20-8-4-2-5-9-20/h3,6-7,10-11,13-14,16,20,24H,2,4-5,8-9,12,15,17-19H2,(H,28,30). The summed E-state index contributed by atoms with van der Waals surface area (Å²) in [6, 6.07) is 16.5. The molecule has 30 heavy (non-hydrogen) atoms. The summed E-state index contributed by atoms with van der Waals surface area (Å²) in [6.07, 6.45) is 9.02. The molecule has 1 heterocycles. The van der Waals surface area contributed by atoms with Crippen molar-refractivity contribution in [3.8, 4) is 0 Å². The fourth-order valence-electron chi connectivity index (χ4n) is 4.97. The summed E-state index contributed by atoms with van der Waals surface area (Å²) in [5.74, 6) is 0.905. The van der Waals surface area contributed by atoms with Crippen molar-refractivity contribution in [1.29, 1.82) is 0 Å². The zero-order chi connectivity index (χ0) is 20.8. The van der Waals surface area contributed by atoms with Crippen LogP contribution in [-0.2, 0) is 17.8 Å². The van der Waals surface area contributed by atoms with Gasteiger partial charge in [-0.3, -0.25) is 4.79 Å². The van der Waals surface area contributed by atoms with E-state index in [0.29, 0.717) is 12.1 Å². The van der Waals surface area contributed by atoms with E-state index in [1.54, 1.807) is 0 Å². The maximum absolute atomic E-state index is 12.7. The van der Waals surface area contributed by atoms with Crippen molar-refractivity contribution in [3.63, 3.8) is 0 Å². The van der Waals surface area contributed by atoms with E-state index >= 15 is 0 Å². The minimum Gasteiger partial charge on any atom is -0.365 e. The minimum absolute atomic E-state index is 0.0843. The molecule has 0 aromatic heterocycles. The number of amides is 1. The number of benzene rings is 2. The Morgan fingerprint density at radius 1 is 1.10 bits per heavy atom. The number of rotatable bonds is 6. The van der Waals surface area contributed by atoms with Gasteiger partial charge in [-0.05, 0) is 36.0 Å². The Morgan fingerprint density at radius 3 is 2.67 bits per heavy atom. The highest BCUT2D eigenvalue weighted by molar-refractivity contribution is 5.76. The molecule has 4 nitrogen and oxygen atoms in total. The van der Waals surface area contributed by atoms with Gasteiger partial charge in [0, 0.05) is 25.2 Å². The first-order valence-electron chi connectivity index (χ1n) is 11.3. The Kier molecular flexibility index (Phi) is 6.69. The Morgan fingerprint density at radius 2 is 1.90 bits per heavy atom. The average Bonchev–Trinajstić information content (AvgIpc) is 2.78. The second kappa shape index (κ2) is 9.80. The first kappa shape index (κ1) is 20.5. The van der Waals surface area contributed by atoms with E-state index in [-0.39, 0.29) is 11.9 Å². The number of hydrogen-bond acceptors (Lipinski definition) is 2. The van der Waals surface area contributed by atoms with Gasteiger partial charge in [0.15, 0.2) is 5.69 Å². The lowest BCUT2D eigenvalue weighted by molar-refractivity contribution is -0.122. The smallest absolute Gasteiger partial charge is 0.220 e. The number of nitrogens with one attached hydrogen (secondary N) is 1. The van der Waals surface area contributed by atoms with Gasteiger partial charge in [-0.15, -0.1) is 0 Å². The monoisotopic (exact) mass is 401 g/mol. The van der Waals surface area contributed by atoms with Crippen LogP contribution >= 0.6 is 0 Å². The predicted octanol–water partition coefficient (Wildman–Crippen LogP) is 5.65. The maximum Gasteiger partial charge on any atom is 0.220 e.